The Hall–Kier alpha value is -1.95. The van der Waals surface area contributed by atoms with Gasteiger partial charge in [0.25, 0.3) is 0 Å². The molecule has 1 heterocycles. The van der Waals surface area contributed by atoms with Crippen LogP contribution in [0.1, 0.15) is 24.3 Å². The van der Waals surface area contributed by atoms with Crippen molar-refractivity contribution in [2.45, 2.75) is 25.7 Å². The molecule has 2 rings (SSSR count). The van der Waals surface area contributed by atoms with Crippen LogP contribution >= 0.6 is 0 Å². The van der Waals surface area contributed by atoms with Crippen molar-refractivity contribution in [3.05, 3.63) is 54.0 Å². The first-order chi connectivity index (χ1) is 9.98. The van der Waals surface area contributed by atoms with Crippen LogP contribution in [0.3, 0.4) is 0 Å². The molecule has 0 saturated heterocycles. The molecular weight excluding hydrogens is 283 g/mol. The first-order valence-electron chi connectivity index (χ1n) is 6.59. The van der Waals surface area contributed by atoms with Gasteiger partial charge in [0.1, 0.15) is 11.5 Å². The number of halogens is 3. The van der Waals surface area contributed by atoms with Crippen LogP contribution in [0, 0.1) is 0 Å². The predicted molar refractivity (Wildman–Crippen MR) is 72.0 cm³/mol. The van der Waals surface area contributed by atoms with Crippen molar-refractivity contribution in [1.29, 1.82) is 0 Å². The zero-order chi connectivity index (χ0) is 15.3. The number of rotatable bonds is 6. The third-order valence-electron chi connectivity index (χ3n) is 2.95. The fraction of sp³-hybridized carbons (Fsp3) is 0.333. The van der Waals surface area contributed by atoms with Crippen LogP contribution in [-0.4, -0.2) is 12.9 Å². The Kier molecular flexibility index (Phi) is 4.90. The molecular formula is C15H16F3NO2. The van der Waals surface area contributed by atoms with E-state index in [2.05, 4.69) is 10.1 Å². The second kappa shape index (κ2) is 6.67. The summed E-state index contributed by atoms with van der Waals surface area (Å²) in [7, 11) is 0. The summed E-state index contributed by atoms with van der Waals surface area (Å²) < 4.78 is 45.6. The molecule has 1 unspecified atom stereocenters. The molecule has 0 bridgehead atoms. The van der Waals surface area contributed by atoms with Crippen LogP contribution in [0.5, 0.6) is 5.75 Å². The first-order valence-corrected chi connectivity index (χ1v) is 6.59. The fourth-order valence-corrected chi connectivity index (χ4v) is 2.09. The minimum absolute atomic E-state index is 0.0268. The lowest BCUT2D eigenvalue weighted by molar-refractivity contribution is -0.274. The maximum absolute atomic E-state index is 12.1. The molecule has 2 aromatic rings. The van der Waals surface area contributed by atoms with Gasteiger partial charge in [0.15, 0.2) is 0 Å². The minimum Gasteiger partial charge on any atom is -0.469 e. The third-order valence-corrected chi connectivity index (χ3v) is 2.95. The average molecular weight is 299 g/mol. The maximum Gasteiger partial charge on any atom is 0.573 e. The van der Waals surface area contributed by atoms with Crippen LogP contribution < -0.4 is 10.1 Å². The van der Waals surface area contributed by atoms with Gasteiger partial charge in [-0.15, -0.1) is 13.2 Å². The van der Waals surface area contributed by atoms with Gasteiger partial charge in [-0.3, -0.25) is 0 Å². The summed E-state index contributed by atoms with van der Waals surface area (Å²) in [5, 5.41) is 3.28. The molecule has 0 aliphatic carbocycles. The van der Waals surface area contributed by atoms with Gasteiger partial charge in [-0.05, 0) is 36.4 Å². The fourth-order valence-electron chi connectivity index (χ4n) is 2.09. The molecule has 114 valence electrons. The third kappa shape index (κ3) is 4.82. The van der Waals surface area contributed by atoms with Crippen LogP contribution in [0.25, 0.3) is 0 Å². The molecule has 0 radical (unpaired) electrons. The lowest BCUT2D eigenvalue weighted by Gasteiger charge is -2.18. The van der Waals surface area contributed by atoms with Crippen molar-refractivity contribution in [2.24, 2.45) is 0 Å². The Bertz CT molecular complexity index is 535. The number of nitrogens with one attached hydrogen (secondary N) is 1. The lowest BCUT2D eigenvalue weighted by atomic mass is 10.0. The van der Waals surface area contributed by atoms with Gasteiger partial charge in [0, 0.05) is 12.5 Å². The van der Waals surface area contributed by atoms with E-state index in [4.69, 9.17) is 4.42 Å². The van der Waals surface area contributed by atoms with E-state index in [-0.39, 0.29) is 11.8 Å². The molecule has 0 spiro atoms. The number of hydrogen-bond donors (Lipinski definition) is 1. The van der Waals surface area contributed by atoms with Gasteiger partial charge in [-0.2, -0.15) is 0 Å². The van der Waals surface area contributed by atoms with E-state index in [1.807, 2.05) is 13.0 Å². The number of hydrogen-bond acceptors (Lipinski definition) is 3. The minimum atomic E-state index is -4.67. The first kappa shape index (κ1) is 15.4. The van der Waals surface area contributed by atoms with Crippen LogP contribution in [-0.2, 0) is 6.42 Å². The highest BCUT2D eigenvalue weighted by atomic mass is 19.4. The molecule has 0 saturated carbocycles. The van der Waals surface area contributed by atoms with E-state index in [1.54, 1.807) is 24.5 Å². The Morgan fingerprint density at radius 3 is 2.43 bits per heavy atom. The number of alkyl halides is 3. The average Bonchev–Trinajstić information content (AvgIpc) is 2.90. The highest BCUT2D eigenvalue weighted by Gasteiger charge is 2.31. The Morgan fingerprint density at radius 2 is 1.90 bits per heavy atom. The summed E-state index contributed by atoms with van der Waals surface area (Å²) in [4.78, 5) is 0. The van der Waals surface area contributed by atoms with Gasteiger partial charge in [-0.25, -0.2) is 0 Å². The molecule has 3 nitrogen and oxygen atoms in total. The summed E-state index contributed by atoms with van der Waals surface area (Å²) in [5.74, 6) is 0.594. The van der Waals surface area contributed by atoms with Gasteiger partial charge in [-0.1, -0.05) is 19.1 Å². The SMILES string of the molecule is CCNC(Cc1ccco1)c1ccc(OC(F)(F)F)cc1. The number of benzene rings is 1. The number of furan rings is 1. The van der Waals surface area contributed by atoms with Crippen molar-refractivity contribution in [3.8, 4) is 5.75 Å². The Morgan fingerprint density at radius 1 is 1.19 bits per heavy atom. The largest absolute Gasteiger partial charge is 0.573 e. The van der Waals surface area contributed by atoms with E-state index < -0.39 is 6.36 Å². The second-order valence-electron chi connectivity index (χ2n) is 4.51. The lowest BCUT2D eigenvalue weighted by Crippen LogP contribution is -2.23. The molecule has 0 amide bonds. The zero-order valence-corrected chi connectivity index (χ0v) is 11.5. The summed E-state index contributed by atoms with van der Waals surface area (Å²) >= 11 is 0. The predicted octanol–water partition coefficient (Wildman–Crippen LogP) is 4.07. The summed E-state index contributed by atoms with van der Waals surface area (Å²) in [6.07, 6.45) is -2.45. The van der Waals surface area contributed by atoms with Crippen molar-refractivity contribution in [2.75, 3.05) is 6.54 Å². The maximum atomic E-state index is 12.1. The van der Waals surface area contributed by atoms with Crippen LogP contribution in [0.4, 0.5) is 13.2 Å². The quantitative estimate of drug-likeness (QED) is 0.873. The molecule has 1 N–H and O–H groups in total. The van der Waals surface area contributed by atoms with E-state index in [9.17, 15) is 13.2 Å². The topological polar surface area (TPSA) is 34.4 Å². The molecule has 6 heteroatoms. The molecule has 1 aromatic carbocycles. The normalized spacial score (nSPS) is 13.1. The molecule has 0 aliphatic rings. The van der Waals surface area contributed by atoms with E-state index in [0.29, 0.717) is 6.42 Å². The van der Waals surface area contributed by atoms with Gasteiger partial charge in [0.05, 0.1) is 6.26 Å². The smallest absolute Gasteiger partial charge is 0.469 e. The number of likely N-dealkylation sites (N-methyl/N-ethyl adjacent to an activating group) is 1. The molecule has 1 aromatic heterocycles. The van der Waals surface area contributed by atoms with Gasteiger partial charge < -0.3 is 14.5 Å². The van der Waals surface area contributed by atoms with E-state index in [0.717, 1.165) is 17.9 Å². The number of ether oxygens (including phenoxy) is 1. The van der Waals surface area contributed by atoms with Crippen molar-refractivity contribution >= 4 is 0 Å². The van der Waals surface area contributed by atoms with Crippen molar-refractivity contribution in [1.82, 2.24) is 5.32 Å². The van der Waals surface area contributed by atoms with Gasteiger partial charge >= 0.3 is 6.36 Å². The monoisotopic (exact) mass is 299 g/mol. The van der Waals surface area contributed by atoms with Gasteiger partial charge in [0.2, 0.25) is 0 Å². The van der Waals surface area contributed by atoms with Crippen LogP contribution in [0.2, 0.25) is 0 Å². The molecule has 1 atom stereocenters. The van der Waals surface area contributed by atoms with Crippen molar-refractivity contribution < 1.29 is 22.3 Å². The highest BCUT2D eigenvalue weighted by Crippen LogP contribution is 2.25. The summed E-state index contributed by atoms with van der Waals surface area (Å²) in [6.45, 7) is 2.71. The molecule has 0 fully saturated rings. The second-order valence-corrected chi connectivity index (χ2v) is 4.51. The van der Waals surface area contributed by atoms with Crippen molar-refractivity contribution in [3.63, 3.8) is 0 Å². The Balaban J connectivity index is 2.09. The standard InChI is InChI=1S/C15H16F3NO2/c1-2-19-14(10-13-4-3-9-20-13)11-5-7-12(8-6-11)21-15(16,17)18/h3-9,14,19H,2,10H2,1H3. The molecule has 21 heavy (non-hydrogen) atoms. The van der Waals surface area contributed by atoms with E-state index in [1.165, 1.54) is 12.1 Å². The molecule has 0 aliphatic heterocycles. The Labute approximate surface area is 120 Å². The zero-order valence-electron chi connectivity index (χ0n) is 11.5. The van der Waals surface area contributed by atoms with Crippen LogP contribution in [0.15, 0.2) is 47.1 Å². The summed E-state index contributed by atoms with van der Waals surface area (Å²) in [5.41, 5.74) is 0.878. The highest BCUT2D eigenvalue weighted by molar-refractivity contribution is 5.30. The van der Waals surface area contributed by atoms with E-state index >= 15 is 0 Å². The summed E-state index contributed by atoms with van der Waals surface area (Å²) in [6, 6.07) is 9.52.